The Morgan fingerprint density at radius 1 is 1.26 bits per heavy atom. The molecule has 1 spiro atoms. The van der Waals surface area contributed by atoms with Crippen molar-refractivity contribution in [2.24, 2.45) is 12.5 Å². The molecule has 0 saturated carbocycles. The topological polar surface area (TPSA) is 66.3 Å². The van der Waals surface area contributed by atoms with Crippen molar-refractivity contribution in [3.8, 4) is 0 Å². The molecule has 7 nitrogen and oxygen atoms in total. The summed E-state index contributed by atoms with van der Waals surface area (Å²) in [6.07, 6.45) is 5.55. The van der Waals surface area contributed by atoms with Crippen LogP contribution in [0, 0.1) is 5.41 Å². The average Bonchev–Trinajstić information content (AvgIpc) is 3.47. The van der Waals surface area contributed by atoms with Crippen molar-refractivity contribution in [2.45, 2.75) is 32.2 Å². The van der Waals surface area contributed by atoms with E-state index in [4.69, 9.17) is 0 Å². The Hall–Kier alpha value is -2.93. The largest absolute Gasteiger partial charge is 0.366 e. The molecule has 1 aromatic carbocycles. The Kier molecular flexibility index (Phi) is 4.12. The van der Waals surface area contributed by atoms with Crippen LogP contribution < -0.4 is 15.1 Å². The molecule has 160 valence electrons. The zero-order valence-electron chi connectivity index (χ0n) is 18.1. The van der Waals surface area contributed by atoms with Crippen LogP contribution in [0.2, 0.25) is 0 Å². The van der Waals surface area contributed by atoms with Gasteiger partial charge in [0.25, 0.3) is 0 Å². The number of nitrogens with one attached hydrogen (secondary N) is 1. The Bertz CT molecular complexity index is 1180. The molecule has 5 heterocycles. The minimum Gasteiger partial charge on any atom is -0.366 e. The van der Waals surface area contributed by atoms with Crippen LogP contribution in [-0.4, -0.2) is 46.9 Å². The minimum atomic E-state index is 0.131. The number of nitrogens with zero attached hydrogens (tertiary/aromatic N) is 5. The van der Waals surface area contributed by atoms with Crippen molar-refractivity contribution in [3.05, 3.63) is 47.8 Å². The van der Waals surface area contributed by atoms with E-state index in [2.05, 4.69) is 51.5 Å². The van der Waals surface area contributed by atoms with E-state index in [1.165, 1.54) is 16.8 Å². The molecular formula is C24H28N6O. The molecule has 0 bridgehead atoms. The fourth-order valence-electron chi connectivity index (χ4n) is 5.76. The standard InChI is InChI=1S/C24H28N6O/c1-16-12-29(21-5-7-26-23-20(21)11-27-28(23)2)13-17-3-4-18(9-19(16)17)30-15-24(10-22(30)31)6-8-25-14-24/h3-5,7,9,11,16,25H,6,8,10,12-15H2,1-2H3/t16-,24+/m0/s1. The molecule has 3 aromatic rings. The van der Waals surface area contributed by atoms with Crippen LogP contribution in [-0.2, 0) is 18.4 Å². The molecule has 0 aliphatic carbocycles. The van der Waals surface area contributed by atoms with Crippen molar-refractivity contribution in [1.82, 2.24) is 20.1 Å². The molecular weight excluding hydrogens is 388 g/mol. The summed E-state index contributed by atoms with van der Waals surface area (Å²) in [7, 11) is 1.93. The van der Waals surface area contributed by atoms with E-state index in [0.717, 1.165) is 55.9 Å². The van der Waals surface area contributed by atoms with Gasteiger partial charge in [0.15, 0.2) is 5.65 Å². The molecule has 2 saturated heterocycles. The van der Waals surface area contributed by atoms with Crippen molar-refractivity contribution in [3.63, 3.8) is 0 Å². The maximum Gasteiger partial charge on any atom is 0.227 e. The number of amides is 1. The number of hydrogen-bond donors (Lipinski definition) is 1. The molecule has 1 amide bonds. The van der Waals surface area contributed by atoms with Gasteiger partial charge in [0.2, 0.25) is 5.91 Å². The zero-order chi connectivity index (χ0) is 21.2. The van der Waals surface area contributed by atoms with E-state index >= 15 is 0 Å². The van der Waals surface area contributed by atoms with Crippen LogP contribution in [0.1, 0.15) is 36.8 Å². The molecule has 3 aliphatic rings. The number of carbonyl (C=O) groups excluding carboxylic acids is 1. The summed E-state index contributed by atoms with van der Waals surface area (Å²) >= 11 is 0. The van der Waals surface area contributed by atoms with Gasteiger partial charge >= 0.3 is 0 Å². The van der Waals surface area contributed by atoms with Crippen molar-refractivity contribution in [1.29, 1.82) is 0 Å². The second kappa shape index (κ2) is 6.79. The summed E-state index contributed by atoms with van der Waals surface area (Å²) in [6.45, 7) is 6.90. The van der Waals surface area contributed by atoms with Gasteiger partial charge in [0.05, 0.1) is 17.3 Å². The average molecular weight is 417 g/mol. The van der Waals surface area contributed by atoms with E-state index in [1.807, 2.05) is 29.0 Å². The summed E-state index contributed by atoms with van der Waals surface area (Å²) < 4.78 is 1.83. The van der Waals surface area contributed by atoms with Crippen LogP contribution in [0.3, 0.4) is 0 Å². The highest BCUT2D eigenvalue weighted by molar-refractivity contribution is 5.96. The third-order valence-electron chi connectivity index (χ3n) is 7.43. The van der Waals surface area contributed by atoms with E-state index in [0.29, 0.717) is 12.3 Å². The number of pyridine rings is 1. The molecule has 7 heteroatoms. The highest BCUT2D eigenvalue weighted by Crippen LogP contribution is 2.41. The smallest absolute Gasteiger partial charge is 0.227 e. The van der Waals surface area contributed by atoms with Crippen LogP contribution in [0.4, 0.5) is 11.4 Å². The first-order chi connectivity index (χ1) is 15.0. The van der Waals surface area contributed by atoms with Crippen molar-refractivity contribution >= 4 is 28.3 Å². The maximum absolute atomic E-state index is 12.8. The summed E-state index contributed by atoms with van der Waals surface area (Å²) in [5, 5.41) is 8.93. The Labute approximate surface area is 182 Å². The Morgan fingerprint density at radius 3 is 3.00 bits per heavy atom. The first-order valence-electron chi connectivity index (χ1n) is 11.2. The summed E-state index contributed by atoms with van der Waals surface area (Å²) in [6, 6.07) is 8.72. The fraction of sp³-hybridized carbons (Fsp3) is 0.458. The van der Waals surface area contributed by atoms with E-state index in [1.54, 1.807) is 0 Å². The summed E-state index contributed by atoms with van der Waals surface area (Å²) in [4.78, 5) is 21.8. The normalized spacial score (nSPS) is 25.7. The highest BCUT2D eigenvalue weighted by Gasteiger charge is 2.45. The molecule has 2 atom stereocenters. The van der Waals surface area contributed by atoms with Crippen LogP contribution in [0.15, 0.2) is 36.7 Å². The van der Waals surface area contributed by atoms with E-state index in [9.17, 15) is 4.79 Å². The first-order valence-corrected chi connectivity index (χ1v) is 11.2. The molecule has 3 aliphatic heterocycles. The lowest BCUT2D eigenvalue weighted by Crippen LogP contribution is -2.33. The van der Waals surface area contributed by atoms with Gasteiger partial charge in [-0.05, 0) is 48.2 Å². The van der Waals surface area contributed by atoms with Crippen molar-refractivity contribution < 1.29 is 4.79 Å². The minimum absolute atomic E-state index is 0.131. The number of benzene rings is 1. The number of aryl methyl sites for hydroxylation is 1. The van der Waals surface area contributed by atoms with Gasteiger partial charge in [0.1, 0.15) is 0 Å². The van der Waals surface area contributed by atoms with Crippen LogP contribution in [0.25, 0.3) is 11.0 Å². The number of anilines is 2. The highest BCUT2D eigenvalue weighted by atomic mass is 16.2. The van der Waals surface area contributed by atoms with Crippen LogP contribution >= 0.6 is 0 Å². The number of fused-ring (bicyclic) bond motifs is 2. The van der Waals surface area contributed by atoms with E-state index < -0.39 is 0 Å². The molecule has 2 aromatic heterocycles. The monoisotopic (exact) mass is 416 g/mol. The number of hydrogen-bond acceptors (Lipinski definition) is 5. The second-order valence-corrected chi connectivity index (χ2v) is 9.58. The number of carbonyl (C=O) groups is 1. The van der Waals surface area contributed by atoms with Gasteiger partial charge in [-0.3, -0.25) is 9.48 Å². The lowest BCUT2D eigenvalue weighted by molar-refractivity contribution is -0.117. The fourth-order valence-corrected chi connectivity index (χ4v) is 5.76. The van der Waals surface area contributed by atoms with Gasteiger partial charge in [-0.15, -0.1) is 0 Å². The predicted octanol–water partition coefficient (Wildman–Crippen LogP) is 2.81. The predicted molar refractivity (Wildman–Crippen MR) is 121 cm³/mol. The molecule has 6 rings (SSSR count). The number of aromatic nitrogens is 3. The lowest BCUT2D eigenvalue weighted by atomic mass is 9.86. The van der Waals surface area contributed by atoms with Gasteiger partial charge in [-0.25, -0.2) is 4.98 Å². The SMILES string of the molecule is C[C@H]1CN(c2ccnc3c2cnn3C)Cc2ccc(N3C[C@]4(CCNC4)CC3=O)cc21. The van der Waals surface area contributed by atoms with Crippen LogP contribution in [0.5, 0.6) is 0 Å². The quantitative estimate of drug-likeness (QED) is 0.696. The van der Waals surface area contributed by atoms with Gasteiger partial charge in [-0.1, -0.05) is 13.0 Å². The number of rotatable bonds is 2. The van der Waals surface area contributed by atoms with E-state index in [-0.39, 0.29) is 11.3 Å². The second-order valence-electron chi connectivity index (χ2n) is 9.58. The Balaban J connectivity index is 1.30. The summed E-state index contributed by atoms with van der Waals surface area (Å²) in [5.74, 6) is 0.646. The molecule has 2 fully saturated rings. The van der Waals surface area contributed by atoms with Gasteiger partial charge < -0.3 is 15.1 Å². The zero-order valence-corrected chi connectivity index (χ0v) is 18.1. The van der Waals surface area contributed by atoms with Gasteiger partial charge in [0, 0.05) is 56.9 Å². The molecule has 0 unspecified atom stereocenters. The molecule has 31 heavy (non-hydrogen) atoms. The Morgan fingerprint density at radius 2 is 2.16 bits per heavy atom. The summed E-state index contributed by atoms with van der Waals surface area (Å²) in [5.41, 5.74) is 5.99. The lowest BCUT2D eigenvalue weighted by Gasteiger charge is -2.35. The van der Waals surface area contributed by atoms with Gasteiger partial charge in [-0.2, -0.15) is 5.10 Å². The third-order valence-corrected chi connectivity index (χ3v) is 7.43. The molecule has 0 radical (unpaired) electrons. The third kappa shape index (κ3) is 2.94. The maximum atomic E-state index is 12.8. The van der Waals surface area contributed by atoms with Crippen molar-refractivity contribution in [2.75, 3.05) is 36.0 Å². The first kappa shape index (κ1) is 18.8. The molecule has 1 N–H and O–H groups in total.